The van der Waals surface area contributed by atoms with Gasteiger partial charge in [0, 0.05) is 11.8 Å². The zero-order valence-electron chi connectivity index (χ0n) is 8.87. The first-order chi connectivity index (χ1) is 7.79. The number of halogens is 1. The van der Waals surface area contributed by atoms with Gasteiger partial charge in [-0.1, -0.05) is 0 Å². The predicted molar refractivity (Wildman–Crippen MR) is 59.0 cm³/mol. The van der Waals surface area contributed by atoms with Crippen LogP contribution in [-0.2, 0) is 6.54 Å². The normalized spacial score (nSPS) is 10.1. The molecule has 1 N–H and O–H groups in total. The van der Waals surface area contributed by atoms with Crippen molar-refractivity contribution in [1.29, 1.82) is 0 Å². The molecular formula is C12H12FNO2. The fraction of sp³-hybridized carbons (Fsp3) is 0.167. The van der Waals surface area contributed by atoms with Gasteiger partial charge in [0.2, 0.25) is 0 Å². The number of nitrogens with one attached hydrogen (secondary N) is 1. The standard InChI is InChI=1S/C12H12FNO2/c1-15-12-5-4-9(7-11(12)13)14-8-10-3-2-6-16-10/h2-7,14H,8H2,1H3. The highest BCUT2D eigenvalue weighted by atomic mass is 19.1. The molecule has 1 aromatic heterocycles. The Labute approximate surface area is 92.8 Å². The van der Waals surface area contributed by atoms with Crippen molar-refractivity contribution in [2.75, 3.05) is 12.4 Å². The van der Waals surface area contributed by atoms with E-state index in [9.17, 15) is 4.39 Å². The molecule has 0 saturated heterocycles. The second-order valence-corrected chi connectivity index (χ2v) is 3.28. The summed E-state index contributed by atoms with van der Waals surface area (Å²) in [6.45, 7) is 0.527. The maximum atomic E-state index is 13.3. The summed E-state index contributed by atoms with van der Waals surface area (Å²) in [5.74, 6) is 0.659. The first kappa shape index (κ1) is 10.5. The van der Waals surface area contributed by atoms with Crippen LogP contribution in [0.1, 0.15) is 5.76 Å². The molecule has 0 fully saturated rings. The number of ether oxygens (including phenoxy) is 1. The minimum Gasteiger partial charge on any atom is -0.494 e. The molecule has 2 rings (SSSR count). The fourth-order valence-corrected chi connectivity index (χ4v) is 1.38. The topological polar surface area (TPSA) is 34.4 Å². The van der Waals surface area contributed by atoms with Crippen molar-refractivity contribution in [1.82, 2.24) is 0 Å². The maximum Gasteiger partial charge on any atom is 0.167 e. The lowest BCUT2D eigenvalue weighted by Gasteiger charge is -2.06. The molecule has 0 aliphatic heterocycles. The third-order valence-electron chi connectivity index (χ3n) is 2.20. The molecule has 0 aliphatic carbocycles. The number of benzene rings is 1. The monoisotopic (exact) mass is 221 g/mol. The van der Waals surface area contributed by atoms with E-state index in [2.05, 4.69) is 5.32 Å². The smallest absolute Gasteiger partial charge is 0.167 e. The molecule has 1 aromatic carbocycles. The Balaban J connectivity index is 2.02. The van der Waals surface area contributed by atoms with E-state index >= 15 is 0 Å². The summed E-state index contributed by atoms with van der Waals surface area (Å²) in [5.41, 5.74) is 0.690. The molecule has 0 aliphatic rings. The predicted octanol–water partition coefficient (Wildman–Crippen LogP) is 3.04. The summed E-state index contributed by atoms with van der Waals surface area (Å²) in [5, 5.41) is 3.05. The van der Waals surface area contributed by atoms with Gasteiger partial charge < -0.3 is 14.5 Å². The van der Waals surface area contributed by atoms with Gasteiger partial charge in [0.1, 0.15) is 5.76 Å². The average Bonchev–Trinajstić information content (AvgIpc) is 2.79. The number of hydrogen-bond donors (Lipinski definition) is 1. The third-order valence-corrected chi connectivity index (χ3v) is 2.20. The summed E-state index contributed by atoms with van der Waals surface area (Å²) in [7, 11) is 1.44. The van der Waals surface area contributed by atoms with Gasteiger partial charge in [-0.3, -0.25) is 0 Å². The van der Waals surface area contributed by atoms with Gasteiger partial charge in [0.05, 0.1) is 19.9 Å². The van der Waals surface area contributed by atoms with Crippen LogP contribution in [-0.4, -0.2) is 7.11 Å². The van der Waals surface area contributed by atoms with Gasteiger partial charge in [0.25, 0.3) is 0 Å². The summed E-state index contributed by atoms with van der Waals surface area (Å²) in [6.07, 6.45) is 1.60. The van der Waals surface area contributed by atoms with E-state index in [0.29, 0.717) is 12.2 Å². The van der Waals surface area contributed by atoms with Crippen LogP contribution in [0, 0.1) is 5.82 Å². The van der Waals surface area contributed by atoms with Crippen LogP contribution in [0.5, 0.6) is 5.75 Å². The van der Waals surface area contributed by atoms with Gasteiger partial charge in [-0.25, -0.2) is 4.39 Å². The van der Waals surface area contributed by atoms with E-state index in [1.54, 1.807) is 18.4 Å². The van der Waals surface area contributed by atoms with Gasteiger partial charge in [-0.15, -0.1) is 0 Å². The van der Waals surface area contributed by atoms with E-state index in [4.69, 9.17) is 9.15 Å². The highest BCUT2D eigenvalue weighted by Crippen LogP contribution is 2.20. The number of anilines is 1. The van der Waals surface area contributed by atoms with Crippen molar-refractivity contribution < 1.29 is 13.5 Å². The van der Waals surface area contributed by atoms with Crippen molar-refractivity contribution in [3.8, 4) is 5.75 Å². The lowest BCUT2D eigenvalue weighted by molar-refractivity contribution is 0.386. The number of rotatable bonds is 4. The minimum atomic E-state index is -0.382. The molecule has 0 radical (unpaired) electrons. The Morgan fingerprint density at radius 2 is 2.25 bits per heavy atom. The van der Waals surface area contributed by atoms with Gasteiger partial charge in [-0.2, -0.15) is 0 Å². The van der Waals surface area contributed by atoms with Crippen LogP contribution < -0.4 is 10.1 Å². The first-order valence-electron chi connectivity index (χ1n) is 4.89. The van der Waals surface area contributed by atoms with Crippen LogP contribution in [0.2, 0.25) is 0 Å². The summed E-state index contributed by atoms with van der Waals surface area (Å²) >= 11 is 0. The van der Waals surface area contributed by atoms with Gasteiger partial charge in [-0.05, 0) is 24.3 Å². The van der Waals surface area contributed by atoms with Gasteiger partial charge in [0.15, 0.2) is 11.6 Å². The molecule has 0 spiro atoms. The molecule has 3 nitrogen and oxygen atoms in total. The quantitative estimate of drug-likeness (QED) is 0.861. The zero-order valence-corrected chi connectivity index (χ0v) is 8.87. The molecule has 84 valence electrons. The Hall–Kier alpha value is -1.97. The van der Waals surface area contributed by atoms with Crippen molar-refractivity contribution in [3.63, 3.8) is 0 Å². The minimum absolute atomic E-state index is 0.239. The van der Waals surface area contributed by atoms with Crippen LogP contribution in [0.3, 0.4) is 0 Å². The van der Waals surface area contributed by atoms with Gasteiger partial charge >= 0.3 is 0 Å². The molecule has 1 heterocycles. The molecule has 0 amide bonds. The van der Waals surface area contributed by atoms with E-state index in [-0.39, 0.29) is 11.6 Å². The van der Waals surface area contributed by atoms with Crippen LogP contribution in [0.15, 0.2) is 41.0 Å². The lowest BCUT2D eigenvalue weighted by Crippen LogP contribution is -1.99. The van der Waals surface area contributed by atoms with E-state index in [1.165, 1.54) is 13.2 Å². The van der Waals surface area contributed by atoms with E-state index in [0.717, 1.165) is 5.76 Å². The SMILES string of the molecule is COc1ccc(NCc2ccco2)cc1F. The highest BCUT2D eigenvalue weighted by molar-refractivity contribution is 5.47. The number of methoxy groups -OCH3 is 1. The zero-order chi connectivity index (χ0) is 11.4. The third kappa shape index (κ3) is 2.34. The molecule has 2 aromatic rings. The van der Waals surface area contributed by atoms with Crippen molar-refractivity contribution in [2.24, 2.45) is 0 Å². The summed E-state index contributed by atoms with van der Waals surface area (Å²) in [6, 6.07) is 8.39. The maximum absolute atomic E-state index is 13.3. The number of hydrogen-bond acceptors (Lipinski definition) is 3. The molecule has 0 atom stereocenters. The molecule has 4 heteroatoms. The molecule has 0 saturated carbocycles. The largest absolute Gasteiger partial charge is 0.494 e. The van der Waals surface area contributed by atoms with Crippen LogP contribution in [0.25, 0.3) is 0 Å². The fourth-order valence-electron chi connectivity index (χ4n) is 1.38. The second-order valence-electron chi connectivity index (χ2n) is 3.28. The molecule has 16 heavy (non-hydrogen) atoms. The van der Waals surface area contributed by atoms with E-state index < -0.39 is 0 Å². The Morgan fingerprint density at radius 1 is 1.38 bits per heavy atom. The summed E-state index contributed by atoms with van der Waals surface area (Å²) < 4.78 is 23.3. The summed E-state index contributed by atoms with van der Waals surface area (Å²) in [4.78, 5) is 0. The molecular weight excluding hydrogens is 209 g/mol. The van der Waals surface area contributed by atoms with Crippen LogP contribution >= 0.6 is 0 Å². The van der Waals surface area contributed by atoms with Crippen molar-refractivity contribution in [2.45, 2.75) is 6.54 Å². The first-order valence-corrected chi connectivity index (χ1v) is 4.89. The number of furan rings is 1. The molecule has 0 bridgehead atoms. The molecule has 0 unspecified atom stereocenters. The van der Waals surface area contributed by atoms with Crippen molar-refractivity contribution in [3.05, 3.63) is 48.2 Å². The van der Waals surface area contributed by atoms with Crippen molar-refractivity contribution >= 4 is 5.69 Å². The lowest BCUT2D eigenvalue weighted by atomic mass is 10.3. The second kappa shape index (κ2) is 4.70. The highest BCUT2D eigenvalue weighted by Gasteiger charge is 2.03. The Morgan fingerprint density at radius 3 is 2.88 bits per heavy atom. The Kier molecular flexibility index (Phi) is 3.10. The van der Waals surface area contributed by atoms with E-state index in [1.807, 2.05) is 12.1 Å². The Bertz CT molecular complexity index is 454. The average molecular weight is 221 g/mol. The van der Waals surface area contributed by atoms with Crippen LogP contribution in [0.4, 0.5) is 10.1 Å².